The molecule has 0 aliphatic rings. The largest absolute Gasteiger partial charge is 0.494 e. The minimum Gasteiger partial charge on any atom is -0.494 e. The highest BCUT2D eigenvalue weighted by Gasteiger charge is 2.02. The second-order valence-electron chi connectivity index (χ2n) is 9.37. The molecular formula is C31H44BrI2N3O4. The van der Waals surface area contributed by atoms with Crippen LogP contribution in [0.5, 0.6) is 11.5 Å². The van der Waals surface area contributed by atoms with Crippen LogP contribution in [0, 0.1) is 13.1 Å². The fraction of sp³-hybridized carbons (Fsp3) is 0.419. The summed E-state index contributed by atoms with van der Waals surface area (Å²) in [7, 11) is 6.97. The first-order valence-electron chi connectivity index (χ1n) is 13.3. The molecule has 0 saturated heterocycles. The average molecular weight is 856 g/mol. The first-order valence-corrected chi connectivity index (χ1v) is 16.3. The lowest BCUT2D eigenvalue weighted by atomic mass is 10.1. The predicted molar refractivity (Wildman–Crippen MR) is 191 cm³/mol. The van der Waals surface area contributed by atoms with E-state index < -0.39 is 0 Å². The summed E-state index contributed by atoms with van der Waals surface area (Å²) in [6.45, 7) is 5.93. The number of carbonyl (C=O) groups is 2. The van der Waals surface area contributed by atoms with E-state index in [2.05, 4.69) is 68.0 Å². The molecule has 2 amide bonds. The van der Waals surface area contributed by atoms with Gasteiger partial charge in [0, 0.05) is 52.8 Å². The van der Waals surface area contributed by atoms with Gasteiger partial charge in [-0.05, 0) is 125 Å². The molecule has 0 aliphatic carbocycles. The van der Waals surface area contributed by atoms with Crippen molar-refractivity contribution >= 4 is 72.9 Å². The Morgan fingerprint density at radius 3 is 1.61 bits per heavy atom. The van der Waals surface area contributed by atoms with Crippen molar-refractivity contribution in [3.63, 3.8) is 0 Å². The molecule has 228 valence electrons. The second-order valence-corrected chi connectivity index (χ2v) is 13.3. The summed E-state index contributed by atoms with van der Waals surface area (Å²) in [5.41, 5.74) is 5.28. The molecule has 2 aromatic rings. The lowest BCUT2D eigenvalue weighted by Gasteiger charge is -2.09. The van der Waals surface area contributed by atoms with Crippen LogP contribution in [-0.4, -0.2) is 74.4 Å². The van der Waals surface area contributed by atoms with Gasteiger partial charge >= 0.3 is 0 Å². The molecule has 0 bridgehead atoms. The fourth-order valence-corrected chi connectivity index (χ4v) is 3.56. The Kier molecular flexibility index (Phi) is 22.9. The van der Waals surface area contributed by atoms with Crippen molar-refractivity contribution in [2.75, 3.05) is 47.9 Å². The van der Waals surface area contributed by atoms with Crippen molar-refractivity contribution in [2.24, 2.45) is 11.7 Å². The maximum atomic E-state index is 11.4. The molecule has 10 heteroatoms. The van der Waals surface area contributed by atoms with Crippen molar-refractivity contribution in [1.29, 1.82) is 0 Å². The number of allylic oxidation sites excluding steroid dienone is 2. The van der Waals surface area contributed by atoms with Gasteiger partial charge in [-0.1, -0.05) is 35.0 Å². The Bertz CT molecular complexity index is 1040. The number of benzene rings is 2. The van der Waals surface area contributed by atoms with Crippen LogP contribution in [-0.2, 0) is 9.59 Å². The van der Waals surface area contributed by atoms with Gasteiger partial charge in [-0.15, -0.1) is 0 Å². The molecule has 41 heavy (non-hydrogen) atoms. The predicted octanol–water partition coefficient (Wildman–Crippen LogP) is 6.77. The van der Waals surface area contributed by atoms with E-state index in [1.165, 1.54) is 12.0 Å². The number of halogens is 3. The molecule has 0 aliphatic heterocycles. The molecule has 0 aromatic heterocycles. The third kappa shape index (κ3) is 22.6. The minimum absolute atomic E-state index is 0.0197. The molecule has 7 nitrogen and oxygen atoms in total. The van der Waals surface area contributed by atoms with E-state index in [1.807, 2.05) is 67.6 Å². The third-order valence-electron chi connectivity index (χ3n) is 5.04. The van der Waals surface area contributed by atoms with Crippen molar-refractivity contribution < 1.29 is 19.1 Å². The lowest BCUT2D eigenvalue weighted by molar-refractivity contribution is -0.124. The number of alkyl halides is 1. The Hall–Kier alpha value is -1.64. The van der Waals surface area contributed by atoms with Crippen molar-refractivity contribution in [1.82, 2.24) is 9.80 Å². The van der Waals surface area contributed by atoms with Gasteiger partial charge in [0.05, 0.1) is 6.61 Å². The van der Waals surface area contributed by atoms with E-state index in [-0.39, 0.29) is 16.6 Å². The van der Waals surface area contributed by atoms with Gasteiger partial charge in [0.1, 0.15) is 18.1 Å². The molecule has 0 fully saturated rings. The number of nitrogens with zero attached hydrogens (tertiary/aromatic N) is 2. The van der Waals surface area contributed by atoms with Gasteiger partial charge in [0.15, 0.2) is 0 Å². The number of ether oxygens (including phenoxy) is 2. The van der Waals surface area contributed by atoms with E-state index in [9.17, 15) is 9.59 Å². The van der Waals surface area contributed by atoms with E-state index in [4.69, 9.17) is 15.2 Å². The number of amides is 2. The first kappa shape index (κ1) is 39.4. The Labute approximate surface area is 282 Å². The summed E-state index contributed by atoms with van der Waals surface area (Å²) >= 11 is 7.82. The second kappa shape index (κ2) is 23.9. The van der Waals surface area contributed by atoms with Gasteiger partial charge < -0.3 is 25.0 Å². The highest BCUT2D eigenvalue weighted by Crippen LogP contribution is 2.15. The normalized spacial score (nSPS) is 12.0. The van der Waals surface area contributed by atoms with Crippen molar-refractivity contribution in [3.05, 3.63) is 80.0 Å². The summed E-state index contributed by atoms with van der Waals surface area (Å²) in [6, 6.07) is 15.9. The molecule has 2 unspecified atom stereocenters. The minimum atomic E-state index is 0.0197. The summed E-state index contributed by atoms with van der Waals surface area (Å²) in [5.74, 6) is 2.24. The van der Waals surface area contributed by atoms with Crippen LogP contribution in [0.15, 0.2) is 72.8 Å². The van der Waals surface area contributed by atoms with Crippen LogP contribution in [0.25, 0.3) is 0 Å². The van der Waals surface area contributed by atoms with E-state index in [0.29, 0.717) is 25.7 Å². The van der Waals surface area contributed by atoms with E-state index >= 15 is 0 Å². The third-order valence-corrected chi connectivity index (χ3v) is 6.78. The molecule has 2 N–H and O–H groups in total. The summed E-state index contributed by atoms with van der Waals surface area (Å²) < 4.78 is 13.4. The summed E-state index contributed by atoms with van der Waals surface area (Å²) in [5, 5.41) is 0. The van der Waals surface area contributed by atoms with Gasteiger partial charge in [-0.3, -0.25) is 9.59 Å². The van der Waals surface area contributed by atoms with Crippen LogP contribution >= 0.6 is 61.1 Å². The number of hydrogen-bond donors (Lipinski definition) is 1. The van der Waals surface area contributed by atoms with Crippen LogP contribution < -0.4 is 15.2 Å². The molecule has 0 heterocycles. The van der Waals surface area contributed by atoms with Gasteiger partial charge in [-0.25, -0.2) is 0 Å². The zero-order valence-electron chi connectivity index (χ0n) is 24.9. The van der Waals surface area contributed by atoms with Gasteiger partial charge in [0.2, 0.25) is 11.8 Å². The van der Waals surface area contributed by atoms with Gasteiger partial charge in [0.25, 0.3) is 0 Å². The Morgan fingerprint density at radius 1 is 0.805 bits per heavy atom. The van der Waals surface area contributed by atoms with Crippen LogP contribution in [0.4, 0.5) is 0 Å². The fourth-order valence-electron chi connectivity index (χ4n) is 2.69. The highest BCUT2D eigenvalue weighted by atomic mass is 127. The topological polar surface area (TPSA) is 85.1 Å². The van der Waals surface area contributed by atoms with Crippen molar-refractivity contribution in [3.8, 4) is 11.5 Å². The molecule has 0 radical (unpaired) electrons. The van der Waals surface area contributed by atoms with Crippen LogP contribution in [0.1, 0.15) is 26.7 Å². The van der Waals surface area contributed by atoms with Crippen LogP contribution in [0.3, 0.4) is 0 Å². The molecule has 2 aromatic carbocycles. The summed E-state index contributed by atoms with van der Waals surface area (Å²) in [6.07, 6.45) is 8.97. The highest BCUT2D eigenvalue weighted by molar-refractivity contribution is 14.1. The van der Waals surface area contributed by atoms with Gasteiger partial charge in [-0.2, -0.15) is 0 Å². The molecule has 2 atom stereocenters. The number of rotatable bonds is 12. The zero-order chi connectivity index (χ0) is 31.2. The van der Waals surface area contributed by atoms with Crippen molar-refractivity contribution in [2.45, 2.75) is 31.5 Å². The van der Waals surface area contributed by atoms with E-state index in [0.717, 1.165) is 24.3 Å². The average Bonchev–Trinajstić information content (AvgIpc) is 2.94. The van der Waals surface area contributed by atoms with E-state index in [1.54, 1.807) is 45.2 Å². The zero-order valence-corrected chi connectivity index (χ0v) is 30.8. The smallest absolute Gasteiger partial charge is 0.245 e. The quantitative estimate of drug-likeness (QED) is 0.110. The SMILES string of the molecule is CC(/C=C/C(=O)N(C)C)CCCOc1ccc(I)cc1.CC(Br)/C=C/C(=O)N(C)C.NCCOc1ccc(I)cc1. The monoisotopic (exact) mass is 855 g/mol. The lowest BCUT2D eigenvalue weighted by Crippen LogP contribution is -2.19. The summed E-state index contributed by atoms with van der Waals surface area (Å²) in [4.78, 5) is 25.6. The number of nitrogens with two attached hydrogens (primary N) is 1. The standard InChI is InChI=1S/C16H22INO2.C8H10INO.C7H12BrNO/c1-13(6-11-16(19)18(2)3)5-4-12-20-15-9-7-14(17)8-10-15;9-7-1-3-8(4-2-7)11-6-5-10;1-6(8)4-5-7(10)9(2)3/h6-11,13H,4-5,12H2,1-3H3;1-4H,5-6,10H2;4-6H,1-3H3/b11-6+;;5-4+. The first-order chi connectivity index (χ1) is 19.3. The molecular weight excluding hydrogens is 812 g/mol. The molecule has 0 spiro atoms. The Morgan fingerprint density at radius 2 is 1.22 bits per heavy atom. The molecule has 0 saturated carbocycles. The number of carbonyl (C=O) groups excluding carboxylic acids is 2. The maximum Gasteiger partial charge on any atom is 0.245 e. The maximum absolute atomic E-state index is 11.4. The molecule has 2 rings (SSSR count). The van der Waals surface area contributed by atoms with Crippen LogP contribution in [0.2, 0.25) is 0 Å². The number of likely N-dealkylation sites (N-methyl/N-ethyl adjacent to an activating group) is 2. The number of hydrogen-bond acceptors (Lipinski definition) is 5. The Balaban J connectivity index is 0.000000644.